The van der Waals surface area contributed by atoms with Crippen LogP contribution in [0.1, 0.15) is 293 Å². The second kappa shape index (κ2) is 52.4. The van der Waals surface area contributed by atoms with Gasteiger partial charge in [0.15, 0.2) is 12.2 Å². The molecule has 0 fully saturated rings. The van der Waals surface area contributed by atoms with Crippen LogP contribution in [0.25, 0.3) is 0 Å². The Morgan fingerprint density at radius 2 is 0.593 bits per heavy atom. The Morgan fingerprint density at radius 3 is 0.877 bits per heavy atom. The lowest BCUT2D eigenvalue weighted by Crippen LogP contribution is -2.30. The van der Waals surface area contributed by atoms with E-state index in [-0.39, 0.29) is 25.7 Å². The van der Waals surface area contributed by atoms with E-state index in [1.807, 2.05) is 0 Å². The lowest BCUT2D eigenvalue weighted by molar-refractivity contribution is -0.161. The molecule has 81 heavy (non-hydrogen) atoms. The molecule has 0 aliphatic carbocycles. The van der Waals surface area contributed by atoms with Crippen molar-refractivity contribution in [1.29, 1.82) is 0 Å². The Labute approximate surface area is 492 Å². The average molecular weight is 1200 g/mol. The molecule has 480 valence electrons. The van der Waals surface area contributed by atoms with Crippen molar-refractivity contribution in [2.75, 3.05) is 39.6 Å². The van der Waals surface area contributed by atoms with Crippen molar-refractivity contribution in [2.24, 2.45) is 23.7 Å². The molecule has 0 spiro atoms. The molecule has 0 aromatic carbocycles. The van der Waals surface area contributed by atoms with Gasteiger partial charge in [0.1, 0.15) is 19.3 Å². The van der Waals surface area contributed by atoms with Gasteiger partial charge in [-0.15, -0.1) is 0 Å². The Kier molecular flexibility index (Phi) is 51.1. The van der Waals surface area contributed by atoms with Crippen molar-refractivity contribution < 1.29 is 80.2 Å². The van der Waals surface area contributed by atoms with Gasteiger partial charge < -0.3 is 33.8 Å². The number of aliphatic hydroxyl groups excluding tert-OH is 1. The fraction of sp³-hybridized carbons (Fsp3) is 0.935. The van der Waals surface area contributed by atoms with Crippen molar-refractivity contribution in [2.45, 2.75) is 311 Å². The van der Waals surface area contributed by atoms with Gasteiger partial charge in [0, 0.05) is 25.7 Å². The van der Waals surface area contributed by atoms with Gasteiger partial charge in [-0.05, 0) is 49.4 Å². The molecule has 0 aliphatic rings. The first-order valence-electron chi connectivity index (χ1n) is 32.2. The third-order valence-electron chi connectivity index (χ3n) is 14.4. The minimum atomic E-state index is -4.94. The predicted molar refractivity (Wildman–Crippen MR) is 321 cm³/mol. The minimum absolute atomic E-state index is 0.102. The van der Waals surface area contributed by atoms with Crippen molar-refractivity contribution in [3.8, 4) is 0 Å². The molecule has 0 rings (SSSR count). The quantitative estimate of drug-likeness (QED) is 0.0222. The molecule has 0 aromatic rings. The van der Waals surface area contributed by atoms with Crippen LogP contribution in [0.3, 0.4) is 0 Å². The lowest BCUT2D eigenvalue weighted by Gasteiger charge is -2.21. The highest BCUT2D eigenvalue weighted by atomic mass is 31.2. The summed E-state index contributed by atoms with van der Waals surface area (Å²) in [5, 5.41) is 10.5. The van der Waals surface area contributed by atoms with Crippen LogP contribution < -0.4 is 0 Å². The average Bonchev–Trinajstić information content (AvgIpc) is 3.41. The van der Waals surface area contributed by atoms with E-state index in [1.165, 1.54) is 89.9 Å². The number of ether oxygens (including phenoxy) is 4. The van der Waals surface area contributed by atoms with E-state index >= 15 is 0 Å². The molecular weight excluding hydrogens is 1080 g/mol. The van der Waals surface area contributed by atoms with Gasteiger partial charge in [-0.25, -0.2) is 9.13 Å². The summed E-state index contributed by atoms with van der Waals surface area (Å²) in [6.45, 7) is 13.9. The molecule has 0 saturated heterocycles. The maximum Gasteiger partial charge on any atom is 0.472 e. The third kappa shape index (κ3) is 55.7. The summed E-state index contributed by atoms with van der Waals surface area (Å²) in [6.07, 6.45) is 31.0. The van der Waals surface area contributed by atoms with E-state index < -0.39 is 97.5 Å². The number of aliphatic hydroxyl groups is 1. The first-order valence-corrected chi connectivity index (χ1v) is 35.2. The van der Waals surface area contributed by atoms with Crippen LogP contribution in [0.2, 0.25) is 0 Å². The van der Waals surface area contributed by atoms with E-state index in [2.05, 4.69) is 55.4 Å². The van der Waals surface area contributed by atoms with Crippen LogP contribution in [-0.4, -0.2) is 96.7 Å². The van der Waals surface area contributed by atoms with E-state index in [4.69, 9.17) is 37.0 Å². The zero-order valence-electron chi connectivity index (χ0n) is 52.4. The number of phosphoric acid groups is 2. The molecule has 0 bridgehead atoms. The van der Waals surface area contributed by atoms with E-state index in [0.29, 0.717) is 37.5 Å². The van der Waals surface area contributed by atoms with Crippen LogP contribution in [-0.2, 0) is 65.4 Å². The number of carbonyl (C=O) groups is 4. The topological polar surface area (TPSA) is 237 Å². The Morgan fingerprint density at radius 1 is 0.346 bits per heavy atom. The van der Waals surface area contributed by atoms with Gasteiger partial charge in [0.2, 0.25) is 0 Å². The van der Waals surface area contributed by atoms with E-state index in [1.54, 1.807) is 0 Å². The summed E-state index contributed by atoms with van der Waals surface area (Å²) in [7, 11) is -9.88. The van der Waals surface area contributed by atoms with Gasteiger partial charge in [0.25, 0.3) is 0 Å². The van der Waals surface area contributed by atoms with Crippen LogP contribution in [0, 0.1) is 23.7 Å². The second-order valence-electron chi connectivity index (χ2n) is 24.1. The first kappa shape index (κ1) is 79.1. The molecule has 17 nitrogen and oxygen atoms in total. The highest BCUT2D eigenvalue weighted by molar-refractivity contribution is 7.47. The molecule has 4 unspecified atom stereocenters. The number of hydrogen-bond acceptors (Lipinski definition) is 15. The fourth-order valence-electron chi connectivity index (χ4n) is 9.04. The zero-order chi connectivity index (χ0) is 60.4. The Hall–Kier alpha value is -1.94. The van der Waals surface area contributed by atoms with Crippen molar-refractivity contribution >= 4 is 39.5 Å². The van der Waals surface area contributed by atoms with E-state index in [9.17, 15) is 43.2 Å². The maximum atomic E-state index is 12.9. The second-order valence-corrected chi connectivity index (χ2v) is 27.0. The number of esters is 4. The normalized spacial score (nSPS) is 14.8. The molecule has 0 heterocycles. The van der Waals surface area contributed by atoms with Gasteiger partial charge in [-0.1, -0.05) is 242 Å². The summed E-state index contributed by atoms with van der Waals surface area (Å²) in [4.78, 5) is 72.1. The van der Waals surface area contributed by atoms with Crippen LogP contribution in [0.5, 0.6) is 0 Å². The summed E-state index contributed by atoms with van der Waals surface area (Å²) in [5.74, 6) is 0.702. The lowest BCUT2D eigenvalue weighted by atomic mass is 10.00. The summed E-state index contributed by atoms with van der Waals surface area (Å²) < 4.78 is 67.9. The standard InChI is InChI=1S/C62H120O17P2/c1-9-55(8)41-33-25-20-21-27-35-43-60(65)73-49-58(79-62(67)45-37-29-19-13-16-24-32-40-54(6)7)51-77-81(70,71)75-47-56(63)46-74-80(68,69)76-50-57(78-61(66)44-36-28-18-12-15-23-31-39-53(4)5)48-72-59(64)42-34-26-17-11-10-14-22-30-38-52(2)3/h52-58,63H,9-51H2,1-8H3,(H,68,69)(H,70,71)/t55?,56?,57-,58-/m1/s1. The molecule has 3 N–H and O–H groups in total. The number of carbonyl (C=O) groups excluding carboxylic acids is 4. The molecule has 0 aromatic heterocycles. The molecular formula is C62H120O17P2. The smallest absolute Gasteiger partial charge is 0.462 e. The van der Waals surface area contributed by atoms with Crippen LogP contribution >= 0.6 is 15.6 Å². The molecule has 0 amide bonds. The fourth-order valence-corrected chi connectivity index (χ4v) is 10.6. The number of phosphoric ester groups is 2. The van der Waals surface area contributed by atoms with Crippen molar-refractivity contribution in [1.82, 2.24) is 0 Å². The summed E-state index contributed by atoms with van der Waals surface area (Å²) in [5.41, 5.74) is 0. The number of rotatable bonds is 59. The van der Waals surface area contributed by atoms with Crippen LogP contribution in [0.15, 0.2) is 0 Å². The third-order valence-corrected chi connectivity index (χ3v) is 16.3. The molecule has 0 aliphatic heterocycles. The monoisotopic (exact) mass is 1200 g/mol. The highest BCUT2D eigenvalue weighted by Gasteiger charge is 2.30. The Bertz CT molecular complexity index is 1630. The minimum Gasteiger partial charge on any atom is -0.462 e. The zero-order valence-corrected chi connectivity index (χ0v) is 54.2. The Balaban J connectivity index is 5.25. The first-order chi connectivity index (χ1) is 38.6. The maximum absolute atomic E-state index is 12.9. The van der Waals surface area contributed by atoms with Crippen molar-refractivity contribution in [3.63, 3.8) is 0 Å². The summed E-state index contributed by atoms with van der Waals surface area (Å²) >= 11 is 0. The van der Waals surface area contributed by atoms with Gasteiger partial charge >= 0.3 is 39.5 Å². The molecule has 19 heteroatoms. The predicted octanol–water partition coefficient (Wildman–Crippen LogP) is 16.6. The molecule has 6 atom stereocenters. The number of unbranched alkanes of at least 4 members (excludes halogenated alkanes) is 24. The van der Waals surface area contributed by atoms with Gasteiger partial charge in [0.05, 0.1) is 26.4 Å². The highest BCUT2D eigenvalue weighted by Crippen LogP contribution is 2.45. The van der Waals surface area contributed by atoms with Crippen LogP contribution in [0.4, 0.5) is 0 Å². The SMILES string of the molecule is CCC(C)CCCCCCCCC(=O)OC[C@H](COP(=O)(O)OCC(O)COP(=O)(O)OC[C@@H](COC(=O)CCCCCCCCCCC(C)C)OC(=O)CCCCCCCCCC(C)C)OC(=O)CCCCCCCCCC(C)C. The number of hydrogen-bond donors (Lipinski definition) is 3. The van der Waals surface area contributed by atoms with E-state index in [0.717, 1.165) is 108 Å². The largest absolute Gasteiger partial charge is 0.472 e. The van der Waals surface area contributed by atoms with Gasteiger partial charge in [-0.2, -0.15) is 0 Å². The van der Waals surface area contributed by atoms with Gasteiger partial charge in [-0.3, -0.25) is 37.3 Å². The molecule has 0 saturated carbocycles. The molecule has 0 radical (unpaired) electrons. The van der Waals surface area contributed by atoms with Crippen molar-refractivity contribution in [3.05, 3.63) is 0 Å². The summed E-state index contributed by atoms with van der Waals surface area (Å²) in [6, 6.07) is 0.